The maximum Gasteiger partial charge on any atom is 0 e. The Morgan fingerprint density at radius 1 is 0.540 bits per heavy atom. The molecule has 2 aliphatic rings. The summed E-state index contributed by atoms with van der Waals surface area (Å²) < 4.78 is 9.36. The number of benzene rings is 7. The average molecular weight is 1110 g/mol. The zero-order valence-electron chi connectivity index (χ0n) is 36.2. The third-order valence-electron chi connectivity index (χ3n) is 11.5. The van der Waals surface area contributed by atoms with Crippen LogP contribution in [0.4, 0.5) is 39.9 Å². The van der Waals surface area contributed by atoms with Crippen molar-refractivity contribution in [2.24, 2.45) is 0 Å². The molecule has 0 radical (unpaired) electrons. The van der Waals surface area contributed by atoms with Crippen molar-refractivity contribution in [2.75, 3.05) is 14.7 Å². The summed E-state index contributed by atoms with van der Waals surface area (Å²) in [6, 6.07) is 65.7. The summed E-state index contributed by atoms with van der Waals surface area (Å²) in [6.45, 7) is 15.7. The molecule has 316 valence electrons. The number of aromatic nitrogens is 1. The predicted octanol–water partition coefficient (Wildman–Crippen LogP) is 13.2. The van der Waals surface area contributed by atoms with E-state index in [1.54, 1.807) is 0 Å². The van der Waals surface area contributed by atoms with Crippen LogP contribution in [0.2, 0.25) is 0 Å². The Balaban J connectivity index is 0.00000504. The summed E-state index contributed by atoms with van der Waals surface area (Å²) in [6.07, 6.45) is 1.92. The molecule has 0 N–H and O–H groups in total. The van der Waals surface area contributed by atoms with Crippen LogP contribution in [0.25, 0.3) is 22.3 Å². The van der Waals surface area contributed by atoms with Crippen LogP contribution in [0.3, 0.4) is 0 Å². The summed E-state index contributed by atoms with van der Waals surface area (Å²) in [5, 5.41) is 0. The molecular formula is C56H47N4OPtTe-3. The number of hydrogen-bond acceptors (Lipinski definition) is 5. The van der Waals surface area contributed by atoms with Crippen LogP contribution in [0.15, 0.2) is 170 Å². The zero-order chi connectivity index (χ0) is 42.6. The van der Waals surface area contributed by atoms with Gasteiger partial charge >= 0.3 is 246 Å². The van der Waals surface area contributed by atoms with Gasteiger partial charge in [-0.1, -0.05) is 99.6 Å². The standard InChI is InChI=1S/C56H47N4OTe.Pt/c1-55(2,3)40-28-26-39(27-29-40)46-21-15-20-45(38-16-8-7-9-17-38)54(46)59-37-58(47-22-10-11-23-48(47)59)42-18-14-19-43(35-42)61-44-30-31-52-50(36-44)60(49-24-12-13-25-51(49)62-52)53-34-41(32-33-57-53)56(4,5)6;/h7-34,37H,1-6H3;/q-3;. The van der Waals surface area contributed by atoms with Crippen molar-refractivity contribution in [2.45, 2.75) is 52.4 Å². The van der Waals surface area contributed by atoms with Crippen LogP contribution in [-0.2, 0) is 31.9 Å². The predicted molar refractivity (Wildman–Crippen MR) is 258 cm³/mol. The summed E-state index contributed by atoms with van der Waals surface area (Å²) in [7, 11) is 0. The second-order valence-electron chi connectivity index (χ2n) is 17.8. The third kappa shape index (κ3) is 8.34. The van der Waals surface area contributed by atoms with Crippen molar-refractivity contribution in [3.05, 3.63) is 200 Å². The van der Waals surface area contributed by atoms with Gasteiger partial charge in [0.15, 0.2) is 0 Å². The molecule has 2 aliphatic heterocycles. The first-order valence-corrected chi connectivity index (χ1v) is 23.4. The van der Waals surface area contributed by atoms with Crippen LogP contribution in [0.5, 0.6) is 11.5 Å². The van der Waals surface area contributed by atoms with E-state index in [1.807, 2.05) is 24.4 Å². The molecule has 0 spiro atoms. The largest absolute Gasteiger partial charge is 0.0579 e. The topological polar surface area (TPSA) is 31.8 Å². The number of fused-ring (bicyclic) bond motifs is 3. The van der Waals surface area contributed by atoms with Crippen molar-refractivity contribution in [1.29, 1.82) is 0 Å². The summed E-state index contributed by atoms with van der Waals surface area (Å²) >= 11 is -0.655. The van der Waals surface area contributed by atoms with Gasteiger partial charge in [0.05, 0.1) is 0 Å². The maximum atomic E-state index is 6.68. The third-order valence-corrected chi connectivity index (χ3v) is 14.7. The van der Waals surface area contributed by atoms with Gasteiger partial charge in [0.1, 0.15) is 0 Å². The molecule has 10 rings (SSSR count). The fraction of sp³-hybridized carbons (Fsp3) is 0.143. The van der Waals surface area contributed by atoms with E-state index in [9.17, 15) is 0 Å². The minimum atomic E-state index is -0.655. The molecule has 0 aliphatic carbocycles. The van der Waals surface area contributed by atoms with Crippen LogP contribution >= 0.6 is 0 Å². The van der Waals surface area contributed by atoms with Crippen LogP contribution in [-0.4, -0.2) is 25.9 Å². The van der Waals surface area contributed by atoms with Gasteiger partial charge in [-0.25, -0.2) is 0 Å². The van der Waals surface area contributed by atoms with E-state index in [-0.39, 0.29) is 31.9 Å². The monoisotopic (exact) mass is 1120 g/mol. The van der Waals surface area contributed by atoms with Crippen LogP contribution in [0.1, 0.15) is 52.7 Å². The molecule has 0 bridgehead atoms. The van der Waals surface area contributed by atoms with E-state index in [0.29, 0.717) is 11.5 Å². The van der Waals surface area contributed by atoms with Crippen molar-refractivity contribution in [3.63, 3.8) is 0 Å². The summed E-state index contributed by atoms with van der Waals surface area (Å²) in [5.41, 5.74) is 13.5. The fourth-order valence-corrected chi connectivity index (χ4v) is 11.2. The first kappa shape index (κ1) is 42.7. The van der Waals surface area contributed by atoms with E-state index >= 15 is 0 Å². The van der Waals surface area contributed by atoms with Gasteiger partial charge in [-0.2, -0.15) is 0 Å². The SMILES string of the molecule is CC(C)(C)c1ccc(-c2cccc(-c3ccccc3)c2N2[CH-]N(c3[c-]c(Oc4[c-]c5c(cc4)[Te]c4ccccc4N5c4cc(C(C)(C)C)ccn4)ccc3)c3ccccc32)cc1.[Pt]. The van der Waals surface area contributed by atoms with Crippen molar-refractivity contribution < 1.29 is 25.8 Å². The van der Waals surface area contributed by atoms with Gasteiger partial charge in [-0.15, -0.1) is 0 Å². The normalized spacial score (nSPS) is 13.2. The van der Waals surface area contributed by atoms with E-state index in [1.165, 1.54) is 23.9 Å². The number of para-hydroxylation sites is 4. The maximum absolute atomic E-state index is 6.68. The Kier molecular flexibility index (Phi) is 11.6. The van der Waals surface area contributed by atoms with Gasteiger partial charge in [0.25, 0.3) is 0 Å². The number of nitrogens with zero attached hydrogens (tertiary/aromatic N) is 4. The van der Waals surface area contributed by atoms with Crippen molar-refractivity contribution in [1.82, 2.24) is 4.98 Å². The molecule has 8 aromatic rings. The fourth-order valence-electron chi connectivity index (χ4n) is 8.24. The molecule has 0 unspecified atom stereocenters. The molecule has 1 aromatic heterocycles. The van der Waals surface area contributed by atoms with Crippen LogP contribution in [0, 0.1) is 18.8 Å². The molecule has 7 aromatic carbocycles. The second-order valence-corrected chi connectivity index (χ2v) is 20.9. The number of hydrogen-bond donors (Lipinski definition) is 0. The molecule has 0 saturated heterocycles. The smallest absolute Gasteiger partial charge is 0 e. The molecule has 7 heteroatoms. The molecule has 0 amide bonds. The quantitative estimate of drug-likeness (QED) is 0.117. The number of ether oxygens (including phenoxy) is 1. The van der Waals surface area contributed by atoms with E-state index < -0.39 is 20.9 Å². The van der Waals surface area contributed by atoms with Gasteiger partial charge < -0.3 is 0 Å². The van der Waals surface area contributed by atoms with E-state index in [4.69, 9.17) is 9.72 Å². The molecule has 0 saturated carbocycles. The van der Waals surface area contributed by atoms with Gasteiger partial charge in [-0.3, -0.25) is 0 Å². The second kappa shape index (κ2) is 17.2. The number of anilines is 7. The molecule has 0 atom stereocenters. The Bertz CT molecular complexity index is 2940. The first-order valence-electron chi connectivity index (χ1n) is 21.1. The van der Waals surface area contributed by atoms with Crippen molar-refractivity contribution >= 4 is 68.1 Å². The Hall–Kier alpha value is -5.63. The van der Waals surface area contributed by atoms with Gasteiger partial charge in [0.2, 0.25) is 0 Å². The van der Waals surface area contributed by atoms with Gasteiger partial charge in [0, 0.05) is 32.2 Å². The Morgan fingerprint density at radius 2 is 1.16 bits per heavy atom. The molecule has 5 nitrogen and oxygen atoms in total. The molecule has 63 heavy (non-hydrogen) atoms. The minimum Gasteiger partial charge on any atom is -0.0579 e. The van der Waals surface area contributed by atoms with Crippen molar-refractivity contribution in [3.8, 4) is 33.8 Å². The summed E-state index contributed by atoms with van der Waals surface area (Å²) in [4.78, 5) is 11.7. The zero-order valence-corrected chi connectivity index (χ0v) is 40.8. The molecule has 0 fully saturated rings. The molecular weight excluding hydrogens is 1070 g/mol. The number of pyridine rings is 1. The van der Waals surface area contributed by atoms with Gasteiger partial charge in [-0.05, 0) is 22.1 Å². The molecule has 3 heterocycles. The van der Waals surface area contributed by atoms with E-state index in [2.05, 4.69) is 221 Å². The Morgan fingerprint density at radius 3 is 1.87 bits per heavy atom. The average Bonchev–Trinajstić information content (AvgIpc) is 3.67. The first-order chi connectivity index (χ1) is 30.0. The van der Waals surface area contributed by atoms with Crippen LogP contribution < -0.4 is 26.7 Å². The number of rotatable bonds is 7. The summed E-state index contributed by atoms with van der Waals surface area (Å²) in [5.74, 6) is 2.12. The minimum absolute atomic E-state index is 0. The Labute approximate surface area is 396 Å². The van der Waals surface area contributed by atoms with E-state index in [0.717, 1.165) is 56.6 Å².